The van der Waals surface area contributed by atoms with Crippen molar-refractivity contribution in [3.8, 4) is 0 Å². The van der Waals surface area contributed by atoms with E-state index in [0.717, 1.165) is 24.8 Å². The molecule has 0 aliphatic heterocycles. The van der Waals surface area contributed by atoms with Gasteiger partial charge in [0.1, 0.15) is 0 Å². The van der Waals surface area contributed by atoms with Crippen LogP contribution in [0, 0.1) is 20.8 Å². The van der Waals surface area contributed by atoms with E-state index in [2.05, 4.69) is 55.0 Å². The molecule has 1 N–H and O–H groups in total. The van der Waals surface area contributed by atoms with Crippen LogP contribution in [0.2, 0.25) is 0 Å². The Morgan fingerprint density at radius 1 is 1.15 bits per heavy atom. The Morgan fingerprint density at radius 3 is 2.50 bits per heavy atom. The van der Waals surface area contributed by atoms with E-state index in [0.29, 0.717) is 0 Å². The van der Waals surface area contributed by atoms with Crippen molar-refractivity contribution in [1.29, 1.82) is 0 Å². The second kappa shape index (κ2) is 5.41. The fraction of sp³-hybridized carbons (Fsp3) is 0.471. The first-order valence-corrected chi connectivity index (χ1v) is 7.45. The molecule has 1 fully saturated rings. The summed E-state index contributed by atoms with van der Waals surface area (Å²) in [6.45, 7) is 8.22. The van der Waals surface area contributed by atoms with Crippen LogP contribution in [0.5, 0.6) is 0 Å². The molecule has 1 aromatic heterocycles. The molecular weight excluding hydrogens is 246 g/mol. The molecule has 0 spiro atoms. The predicted octanol–water partition coefficient (Wildman–Crippen LogP) is 3.11. The normalized spacial score (nSPS) is 14.8. The van der Waals surface area contributed by atoms with Crippen molar-refractivity contribution in [2.24, 2.45) is 0 Å². The molecule has 20 heavy (non-hydrogen) atoms. The Morgan fingerprint density at radius 2 is 1.85 bits per heavy atom. The number of aromatic nitrogens is 2. The van der Waals surface area contributed by atoms with E-state index in [1.165, 1.54) is 35.2 Å². The zero-order valence-electron chi connectivity index (χ0n) is 12.6. The molecule has 0 bridgehead atoms. The lowest BCUT2D eigenvalue weighted by Crippen LogP contribution is -2.16. The maximum Gasteiger partial charge on any atom is 0.0662 e. The van der Waals surface area contributed by atoms with Crippen molar-refractivity contribution in [1.82, 2.24) is 15.1 Å². The van der Waals surface area contributed by atoms with Gasteiger partial charge in [0.2, 0.25) is 0 Å². The van der Waals surface area contributed by atoms with Gasteiger partial charge in [0, 0.05) is 23.8 Å². The van der Waals surface area contributed by atoms with Crippen molar-refractivity contribution >= 4 is 0 Å². The van der Waals surface area contributed by atoms with Crippen LogP contribution in [0.1, 0.15) is 40.9 Å². The summed E-state index contributed by atoms with van der Waals surface area (Å²) in [5.41, 5.74) is 6.42. The first kappa shape index (κ1) is 13.4. The number of hydrogen-bond donors (Lipinski definition) is 1. The molecule has 1 heterocycles. The van der Waals surface area contributed by atoms with Crippen molar-refractivity contribution in [3.05, 3.63) is 52.3 Å². The standard InChI is InChI=1S/C17H23N3/c1-12-4-6-15(7-5-12)11-20-14(3)17(13(2)19-20)10-18-16-8-9-16/h4-7,16,18H,8-11H2,1-3H3. The lowest BCUT2D eigenvalue weighted by molar-refractivity contribution is 0.652. The summed E-state index contributed by atoms with van der Waals surface area (Å²) in [5, 5.41) is 8.29. The molecule has 0 saturated heterocycles. The third kappa shape index (κ3) is 2.93. The van der Waals surface area contributed by atoms with Crippen LogP contribution >= 0.6 is 0 Å². The molecule has 0 amide bonds. The van der Waals surface area contributed by atoms with Crippen LogP contribution in [-0.2, 0) is 13.1 Å². The Hall–Kier alpha value is -1.61. The number of hydrogen-bond acceptors (Lipinski definition) is 2. The van der Waals surface area contributed by atoms with Gasteiger partial charge in [-0.1, -0.05) is 29.8 Å². The van der Waals surface area contributed by atoms with Gasteiger partial charge in [-0.2, -0.15) is 5.10 Å². The minimum absolute atomic E-state index is 0.745. The third-order valence-electron chi connectivity index (χ3n) is 4.13. The van der Waals surface area contributed by atoms with Gasteiger partial charge in [-0.05, 0) is 39.2 Å². The topological polar surface area (TPSA) is 29.9 Å². The first-order chi connectivity index (χ1) is 9.63. The highest BCUT2D eigenvalue weighted by atomic mass is 15.3. The summed E-state index contributed by atoms with van der Waals surface area (Å²) in [6.07, 6.45) is 2.66. The van der Waals surface area contributed by atoms with E-state index in [-0.39, 0.29) is 0 Å². The molecule has 3 nitrogen and oxygen atoms in total. The van der Waals surface area contributed by atoms with Crippen molar-refractivity contribution < 1.29 is 0 Å². The molecule has 0 unspecified atom stereocenters. The van der Waals surface area contributed by atoms with Crippen LogP contribution in [0.3, 0.4) is 0 Å². The summed E-state index contributed by atoms with van der Waals surface area (Å²) in [7, 11) is 0. The first-order valence-electron chi connectivity index (χ1n) is 7.45. The minimum Gasteiger partial charge on any atom is -0.310 e. The van der Waals surface area contributed by atoms with Crippen molar-refractivity contribution in [2.45, 2.75) is 52.7 Å². The zero-order valence-corrected chi connectivity index (χ0v) is 12.6. The van der Waals surface area contributed by atoms with E-state index in [1.807, 2.05) is 0 Å². The Labute approximate surface area is 121 Å². The third-order valence-corrected chi connectivity index (χ3v) is 4.13. The average Bonchev–Trinajstić information content (AvgIpc) is 3.20. The summed E-state index contributed by atoms with van der Waals surface area (Å²) in [5.74, 6) is 0. The average molecular weight is 269 g/mol. The molecule has 0 atom stereocenters. The van der Waals surface area contributed by atoms with Gasteiger partial charge in [0.15, 0.2) is 0 Å². The highest BCUT2D eigenvalue weighted by Gasteiger charge is 2.21. The molecule has 0 radical (unpaired) electrons. The van der Waals surface area contributed by atoms with Gasteiger partial charge in [-0.25, -0.2) is 0 Å². The van der Waals surface area contributed by atoms with E-state index >= 15 is 0 Å². The molecule has 106 valence electrons. The van der Waals surface area contributed by atoms with Gasteiger partial charge in [0.25, 0.3) is 0 Å². The molecule has 1 aliphatic carbocycles. The van der Waals surface area contributed by atoms with Gasteiger partial charge >= 0.3 is 0 Å². The predicted molar refractivity (Wildman–Crippen MR) is 81.8 cm³/mol. The summed E-state index contributed by atoms with van der Waals surface area (Å²) in [6, 6.07) is 9.45. The summed E-state index contributed by atoms with van der Waals surface area (Å²) in [4.78, 5) is 0. The van der Waals surface area contributed by atoms with Crippen LogP contribution in [0.4, 0.5) is 0 Å². The largest absolute Gasteiger partial charge is 0.310 e. The van der Waals surface area contributed by atoms with Gasteiger partial charge in [-0.15, -0.1) is 0 Å². The molecular formula is C17H23N3. The van der Waals surface area contributed by atoms with Gasteiger partial charge < -0.3 is 5.32 Å². The lowest BCUT2D eigenvalue weighted by Gasteiger charge is -2.07. The Bertz CT molecular complexity index is 591. The van der Waals surface area contributed by atoms with E-state index in [1.54, 1.807) is 0 Å². The number of aryl methyl sites for hydroxylation is 2. The van der Waals surface area contributed by atoms with Crippen LogP contribution in [0.25, 0.3) is 0 Å². The van der Waals surface area contributed by atoms with Crippen molar-refractivity contribution in [2.75, 3.05) is 0 Å². The zero-order chi connectivity index (χ0) is 14.1. The van der Waals surface area contributed by atoms with Crippen LogP contribution in [-0.4, -0.2) is 15.8 Å². The quantitative estimate of drug-likeness (QED) is 0.904. The van der Waals surface area contributed by atoms with Gasteiger partial charge in [-0.3, -0.25) is 4.68 Å². The molecule has 1 aromatic carbocycles. The van der Waals surface area contributed by atoms with E-state index < -0.39 is 0 Å². The molecule has 3 rings (SSSR count). The highest BCUT2D eigenvalue weighted by molar-refractivity contribution is 5.27. The number of benzene rings is 1. The van der Waals surface area contributed by atoms with Crippen molar-refractivity contribution in [3.63, 3.8) is 0 Å². The molecule has 1 saturated carbocycles. The summed E-state index contributed by atoms with van der Waals surface area (Å²) >= 11 is 0. The second-order valence-electron chi connectivity index (χ2n) is 5.95. The van der Waals surface area contributed by atoms with E-state index in [9.17, 15) is 0 Å². The lowest BCUT2D eigenvalue weighted by atomic mass is 10.1. The fourth-order valence-corrected chi connectivity index (χ4v) is 2.54. The number of nitrogens with zero attached hydrogens (tertiary/aromatic N) is 2. The van der Waals surface area contributed by atoms with Crippen LogP contribution < -0.4 is 5.32 Å². The number of nitrogens with one attached hydrogen (secondary N) is 1. The summed E-state index contributed by atoms with van der Waals surface area (Å²) < 4.78 is 2.13. The maximum absolute atomic E-state index is 4.70. The molecule has 2 aromatic rings. The Balaban J connectivity index is 1.75. The smallest absolute Gasteiger partial charge is 0.0662 e. The number of rotatable bonds is 5. The highest BCUT2D eigenvalue weighted by Crippen LogP contribution is 2.21. The Kier molecular flexibility index (Phi) is 3.62. The molecule has 3 heteroatoms. The van der Waals surface area contributed by atoms with Crippen LogP contribution in [0.15, 0.2) is 24.3 Å². The van der Waals surface area contributed by atoms with Gasteiger partial charge in [0.05, 0.1) is 12.2 Å². The van der Waals surface area contributed by atoms with E-state index in [4.69, 9.17) is 5.10 Å². The fourth-order valence-electron chi connectivity index (χ4n) is 2.54. The maximum atomic E-state index is 4.70. The second-order valence-corrected chi connectivity index (χ2v) is 5.95. The SMILES string of the molecule is Cc1ccc(Cn2nc(C)c(CNC3CC3)c2C)cc1. The molecule has 1 aliphatic rings. The monoisotopic (exact) mass is 269 g/mol. The minimum atomic E-state index is 0.745.